The van der Waals surface area contributed by atoms with E-state index < -0.39 is 0 Å². The van der Waals surface area contributed by atoms with Crippen LogP contribution >= 0.6 is 24.8 Å². The Balaban J connectivity index is 0.00000225. The highest BCUT2D eigenvalue weighted by Gasteiger charge is 2.12. The van der Waals surface area contributed by atoms with Gasteiger partial charge in [-0.15, -0.1) is 24.8 Å². The molecule has 1 unspecified atom stereocenters. The second kappa shape index (κ2) is 13.0. The number of benzene rings is 2. The molecule has 3 rings (SSSR count). The van der Waals surface area contributed by atoms with Crippen molar-refractivity contribution in [3.05, 3.63) is 78.4 Å². The SMILES string of the molecule is COC(CN)CC(=O)NCc1ccccc1-c1ccc(Cn2ccnc2)cc1.Cl.Cl. The van der Waals surface area contributed by atoms with Crippen molar-refractivity contribution >= 4 is 30.7 Å². The van der Waals surface area contributed by atoms with Gasteiger partial charge < -0.3 is 20.4 Å². The number of carbonyl (C=O) groups is 1. The summed E-state index contributed by atoms with van der Waals surface area (Å²) in [5, 5.41) is 2.96. The Labute approximate surface area is 189 Å². The van der Waals surface area contributed by atoms with Crippen LogP contribution in [-0.4, -0.2) is 35.2 Å². The van der Waals surface area contributed by atoms with Crippen molar-refractivity contribution in [3.8, 4) is 11.1 Å². The molecule has 0 saturated heterocycles. The molecule has 1 atom stereocenters. The van der Waals surface area contributed by atoms with Crippen molar-refractivity contribution < 1.29 is 9.53 Å². The van der Waals surface area contributed by atoms with Crippen LogP contribution in [0.5, 0.6) is 0 Å². The van der Waals surface area contributed by atoms with E-state index in [9.17, 15) is 4.79 Å². The number of imidazole rings is 1. The summed E-state index contributed by atoms with van der Waals surface area (Å²) < 4.78 is 7.21. The van der Waals surface area contributed by atoms with E-state index in [1.54, 1.807) is 13.3 Å². The molecule has 8 heteroatoms. The number of aromatic nitrogens is 2. The summed E-state index contributed by atoms with van der Waals surface area (Å²) in [5.74, 6) is -0.0669. The molecule has 0 bridgehead atoms. The largest absolute Gasteiger partial charge is 0.380 e. The molecule has 1 aromatic heterocycles. The third kappa shape index (κ3) is 7.15. The normalized spacial score (nSPS) is 11.1. The van der Waals surface area contributed by atoms with Crippen molar-refractivity contribution in [2.75, 3.05) is 13.7 Å². The predicted octanol–water partition coefficient (Wildman–Crippen LogP) is 3.42. The highest BCUT2D eigenvalue weighted by molar-refractivity contribution is 5.85. The van der Waals surface area contributed by atoms with Crippen LogP contribution in [0.2, 0.25) is 0 Å². The Hall–Kier alpha value is -2.38. The zero-order chi connectivity index (χ0) is 19.8. The lowest BCUT2D eigenvalue weighted by molar-refractivity contribution is -0.123. The van der Waals surface area contributed by atoms with Gasteiger partial charge in [0, 0.05) is 39.1 Å². The number of nitrogens with two attached hydrogens (primary N) is 1. The molecule has 0 aliphatic carbocycles. The standard InChI is InChI=1S/C22H26N4O2.2ClH/c1-28-20(13-23)12-22(27)25-14-19-4-2-3-5-21(19)18-8-6-17(7-9-18)15-26-11-10-24-16-26;;/h2-11,16,20H,12-15,23H2,1H3,(H,25,27);2*1H. The number of nitrogens with one attached hydrogen (secondary N) is 1. The molecule has 0 fully saturated rings. The molecule has 1 amide bonds. The van der Waals surface area contributed by atoms with E-state index in [2.05, 4.69) is 40.6 Å². The first-order valence-electron chi connectivity index (χ1n) is 9.32. The Bertz CT molecular complexity index is 882. The second-order valence-corrected chi connectivity index (χ2v) is 6.66. The van der Waals surface area contributed by atoms with E-state index in [4.69, 9.17) is 10.5 Å². The van der Waals surface area contributed by atoms with Gasteiger partial charge in [-0.05, 0) is 22.3 Å². The lowest BCUT2D eigenvalue weighted by atomic mass is 9.98. The monoisotopic (exact) mass is 450 g/mol. The Morgan fingerprint density at radius 2 is 1.90 bits per heavy atom. The average Bonchev–Trinajstić information content (AvgIpc) is 3.24. The molecule has 0 saturated carbocycles. The molecule has 162 valence electrons. The fourth-order valence-corrected chi connectivity index (χ4v) is 3.07. The molecule has 30 heavy (non-hydrogen) atoms. The Kier molecular flexibility index (Phi) is 11.1. The van der Waals surface area contributed by atoms with E-state index in [-0.39, 0.29) is 43.2 Å². The first-order chi connectivity index (χ1) is 13.7. The number of rotatable bonds is 9. The van der Waals surface area contributed by atoms with Gasteiger partial charge in [-0.2, -0.15) is 0 Å². The van der Waals surface area contributed by atoms with E-state index >= 15 is 0 Å². The van der Waals surface area contributed by atoms with Crippen molar-refractivity contribution in [3.63, 3.8) is 0 Å². The van der Waals surface area contributed by atoms with Crippen LogP contribution in [0.15, 0.2) is 67.3 Å². The van der Waals surface area contributed by atoms with Gasteiger partial charge in [0.15, 0.2) is 0 Å². The lowest BCUT2D eigenvalue weighted by Gasteiger charge is -2.14. The van der Waals surface area contributed by atoms with Gasteiger partial charge in [0.2, 0.25) is 5.91 Å². The summed E-state index contributed by atoms with van der Waals surface area (Å²) in [5.41, 5.74) is 10.1. The number of halogens is 2. The van der Waals surface area contributed by atoms with Gasteiger partial charge in [0.25, 0.3) is 0 Å². The summed E-state index contributed by atoms with van der Waals surface area (Å²) in [7, 11) is 1.57. The van der Waals surface area contributed by atoms with Crippen molar-refractivity contribution in [2.24, 2.45) is 5.73 Å². The van der Waals surface area contributed by atoms with Crippen LogP contribution in [0, 0.1) is 0 Å². The minimum absolute atomic E-state index is 0. The number of methoxy groups -OCH3 is 1. The zero-order valence-corrected chi connectivity index (χ0v) is 18.5. The molecule has 0 spiro atoms. The summed E-state index contributed by atoms with van der Waals surface area (Å²) in [4.78, 5) is 16.2. The van der Waals surface area contributed by atoms with Gasteiger partial charge in [-0.3, -0.25) is 4.79 Å². The molecule has 0 aliphatic rings. The third-order valence-corrected chi connectivity index (χ3v) is 4.69. The number of ether oxygens (including phenoxy) is 1. The molecular formula is C22H28Cl2N4O2. The maximum absolute atomic E-state index is 12.1. The first kappa shape index (κ1) is 25.7. The van der Waals surface area contributed by atoms with Gasteiger partial charge >= 0.3 is 0 Å². The smallest absolute Gasteiger partial charge is 0.222 e. The van der Waals surface area contributed by atoms with Gasteiger partial charge in [0.1, 0.15) is 0 Å². The predicted molar refractivity (Wildman–Crippen MR) is 124 cm³/mol. The van der Waals surface area contributed by atoms with E-state index in [0.29, 0.717) is 13.1 Å². The molecular weight excluding hydrogens is 423 g/mol. The molecule has 3 N–H and O–H groups in total. The number of hydrogen-bond acceptors (Lipinski definition) is 4. The molecule has 2 aromatic carbocycles. The maximum atomic E-state index is 12.1. The molecule has 1 heterocycles. The topological polar surface area (TPSA) is 82.2 Å². The highest BCUT2D eigenvalue weighted by Crippen LogP contribution is 2.24. The second-order valence-electron chi connectivity index (χ2n) is 6.66. The molecule has 0 radical (unpaired) electrons. The maximum Gasteiger partial charge on any atom is 0.222 e. The quantitative estimate of drug-likeness (QED) is 0.523. The van der Waals surface area contributed by atoms with Crippen molar-refractivity contribution in [2.45, 2.75) is 25.6 Å². The fraction of sp³-hybridized carbons (Fsp3) is 0.273. The molecule has 3 aromatic rings. The van der Waals surface area contributed by atoms with Gasteiger partial charge in [0.05, 0.1) is 18.9 Å². The van der Waals surface area contributed by atoms with Crippen LogP contribution < -0.4 is 11.1 Å². The molecule has 0 aliphatic heterocycles. The average molecular weight is 451 g/mol. The molecule has 6 nitrogen and oxygen atoms in total. The summed E-state index contributed by atoms with van der Waals surface area (Å²) in [6.45, 7) is 1.58. The number of nitrogens with zero attached hydrogens (tertiary/aromatic N) is 2. The van der Waals surface area contributed by atoms with Crippen LogP contribution in [0.4, 0.5) is 0 Å². The summed E-state index contributed by atoms with van der Waals surface area (Å²) in [6, 6.07) is 16.6. The van der Waals surface area contributed by atoms with Crippen LogP contribution in [0.25, 0.3) is 11.1 Å². The third-order valence-electron chi connectivity index (χ3n) is 4.69. The number of amides is 1. The van der Waals surface area contributed by atoms with Crippen molar-refractivity contribution in [1.82, 2.24) is 14.9 Å². The minimum atomic E-state index is -0.252. The van der Waals surface area contributed by atoms with E-state index in [1.165, 1.54) is 5.56 Å². The number of hydrogen-bond donors (Lipinski definition) is 2. The minimum Gasteiger partial charge on any atom is -0.380 e. The fourth-order valence-electron chi connectivity index (χ4n) is 3.07. The lowest BCUT2D eigenvalue weighted by Crippen LogP contribution is -2.32. The van der Waals surface area contributed by atoms with Crippen molar-refractivity contribution in [1.29, 1.82) is 0 Å². The van der Waals surface area contributed by atoms with Crippen LogP contribution in [0.3, 0.4) is 0 Å². The summed E-state index contributed by atoms with van der Waals surface area (Å²) >= 11 is 0. The van der Waals surface area contributed by atoms with Gasteiger partial charge in [-0.25, -0.2) is 4.98 Å². The Morgan fingerprint density at radius 1 is 1.17 bits per heavy atom. The number of carbonyl (C=O) groups excluding carboxylic acids is 1. The zero-order valence-electron chi connectivity index (χ0n) is 16.9. The van der Waals surface area contributed by atoms with E-state index in [0.717, 1.165) is 23.2 Å². The first-order valence-corrected chi connectivity index (χ1v) is 9.32. The highest BCUT2D eigenvalue weighted by atomic mass is 35.5. The Morgan fingerprint density at radius 3 is 2.53 bits per heavy atom. The van der Waals surface area contributed by atoms with Gasteiger partial charge in [-0.1, -0.05) is 48.5 Å². The van der Waals surface area contributed by atoms with Crippen LogP contribution in [0.1, 0.15) is 17.5 Å². The van der Waals surface area contributed by atoms with E-state index in [1.807, 2.05) is 35.3 Å². The van der Waals surface area contributed by atoms with Crippen LogP contribution in [-0.2, 0) is 22.6 Å². The summed E-state index contributed by atoms with van der Waals surface area (Å²) in [6.07, 6.45) is 5.55.